The summed E-state index contributed by atoms with van der Waals surface area (Å²) in [4.78, 5) is 25.1. The number of ether oxygens (including phenoxy) is 2. The van der Waals surface area contributed by atoms with Gasteiger partial charge in [0.2, 0.25) is 0 Å². The second-order valence-electron chi connectivity index (χ2n) is 4.78. The lowest BCUT2D eigenvalue weighted by molar-refractivity contribution is -0.150. The van der Waals surface area contributed by atoms with Crippen LogP contribution in [0.3, 0.4) is 0 Å². The van der Waals surface area contributed by atoms with Crippen molar-refractivity contribution in [3.05, 3.63) is 30.1 Å². The second-order valence-corrected chi connectivity index (χ2v) is 4.78. The van der Waals surface area contributed by atoms with Gasteiger partial charge < -0.3 is 14.4 Å². The molecule has 1 aliphatic rings. The van der Waals surface area contributed by atoms with Gasteiger partial charge in [0.1, 0.15) is 6.54 Å². The molecule has 0 bridgehead atoms. The number of para-hydroxylation sites is 1. The summed E-state index contributed by atoms with van der Waals surface area (Å²) in [5, 5.41) is 0. The zero-order valence-corrected chi connectivity index (χ0v) is 11.9. The molecule has 0 spiro atoms. The van der Waals surface area contributed by atoms with Gasteiger partial charge in [0.05, 0.1) is 6.61 Å². The summed E-state index contributed by atoms with van der Waals surface area (Å²) in [6.07, 6.45) is 1.73. The Bertz CT molecular complexity index is 516. The highest BCUT2D eigenvalue weighted by Gasteiger charge is 2.34. The van der Waals surface area contributed by atoms with E-state index >= 15 is 0 Å². The van der Waals surface area contributed by atoms with E-state index < -0.39 is 11.8 Å². The van der Waals surface area contributed by atoms with Crippen molar-refractivity contribution in [2.45, 2.75) is 25.8 Å². The van der Waals surface area contributed by atoms with Crippen molar-refractivity contribution in [2.24, 2.45) is 0 Å². The topological polar surface area (TPSA) is 55.8 Å². The molecule has 0 aromatic heterocycles. The SMILES string of the molecule is CCOC(=O)CN(C(=O)COc1ccccc1F)C1CC1. The molecule has 0 radical (unpaired) electrons. The molecule has 0 unspecified atom stereocenters. The molecule has 1 amide bonds. The van der Waals surface area contributed by atoms with E-state index in [0.29, 0.717) is 0 Å². The van der Waals surface area contributed by atoms with Crippen LogP contribution in [0.25, 0.3) is 0 Å². The van der Waals surface area contributed by atoms with E-state index in [1.54, 1.807) is 19.1 Å². The Morgan fingerprint density at radius 2 is 2.05 bits per heavy atom. The average molecular weight is 295 g/mol. The summed E-state index contributed by atoms with van der Waals surface area (Å²) in [7, 11) is 0. The van der Waals surface area contributed by atoms with Gasteiger partial charge in [-0.3, -0.25) is 9.59 Å². The number of carbonyl (C=O) groups excluding carboxylic acids is 2. The average Bonchev–Trinajstić information content (AvgIpc) is 3.28. The first-order valence-corrected chi connectivity index (χ1v) is 6.94. The highest BCUT2D eigenvalue weighted by molar-refractivity contribution is 5.83. The van der Waals surface area contributed by atoms with E-state index in [1.807, 2.05) is 0 Å². The van der Waals surface area contributed by atoms with Gasteiger partial charge in [-0.2, -0.15) is 0 Å². The van der Waals surface area contributed by atoms with Crippen LogP contribution in [0.5, 0.6) is 5.75 Å². The normalized spacial score (nSPS) is 13.6. The van der Waals surface area contributed by atoms with Crippen molar-refractivity contribution in [1.82, 2.24) is 4.90 Å². The third kappa shape index (κ3) is 4.44. The van der Waals surface area contributed by atoms with Gasteiger partial charge in [-0.05, 0) is 31.9 Å². The third-order valence-electron chi connectivity index (χ3n) is 3.10. The maximum absolute atomic E-state index is 13.4. The Morgan fingerprint density at radius 1 is 1.33 bits per heavy atom. The van der Waals surface area contributed by atoms with Crippen molar-refractivity contribution >= 4 is 11.9 Å². The van der Waals surface area contributed by atoms with E-state index in [4.69, 9.17) is 9.47 Å². The Labute approximate surface area is 122 Å². The molecule has 0 aliphatic heterocycles. The van der Waals surface area contributed by atoms with Crippen LogP contribution in [0.4, 0.5) is 4.39 Å². The molecule has 1 fully saturated rings. The Morgan fingerprint density at radius 3 is 2.67 bits per heavy atom. The lowest BCUT2D eigenvalue weighted by atomic mass is 10.3. The first-order chi connectivity index (χ1) is 10.1. The van der Waals surface area contributed by atoms with Crippen LogP contribution in [0.15, 0.2) is 24.3 Å². The van der Waals surface area contributed by atoms with E-state index in [9.17, 15) is 14.0 Å². The largest absolute Gasteiger partial charge is 0.481 e. The van der Waals surface area contributed by atoms with E-state index in [2.05, 4.69) is 0 Å². The zero-order valence-electron chi connectivity index (χ0n) is 11.9. The fraction of sp³-hybridized carbons (Fsp3) is 0.467. The first kappa shape index (κ1) is 15.3. The predicted molar refractivity (Wildman–Crippen MR) is 73.3 cm³/mol. The minimum Gasteiger partial charge on any atom is -0.481 e. The molecule has 0 saturated heterocycles. The van der Waals surface area contributed by atoms with Gasteiger partial charge >= 0.3 is 5.97 Å². The lowest BCUT2D eigenvalue weighted by Crippen LogP contribution is -2.40. The number of hydrogen-bond donors (Lipinski definition) is 0. The van der Waals surface area contributed by atoms with Crippen LogP contribution in [0.1, 0.15) is 19.8 Å². The molecule has 2 rings (SSSR count). The maximum atomic E-state index is 13.4. The molecule has 0 heterocycles. The van der Waals surface area contributed by atoms with Gasteiger partial charge in [0, 0.05) is 6.04 Å². The quantitative estimate of drug-likeness (QED) is 0.719. The van der Waals surface area contributed by atoms with Gasteiger partial charge in [0.15, 0.2) is 18.2 Å². The molecule has 1 saturated carbocycles. The first-order valence-electron chi connectivity index (χ1n) is 6.94. The number of nitrogens with zero attached hydrogens (tertiary/aromatic N) is 1. The summed E-state index contributed by atoms with van der Waals surface area (Å²) in [6, 6.07) is 5.94. The van der Waals surface area contributed by atoms with Crippen LogP contribution in [0.2, 0.25) is 0 Å². The second kappa shape index (κ2) is 7.06. The minimum absolute atomic E-state index is 0.0257. The van der Waals surface area contributed by atoms with Crippen molar-refractivity contribution in [1.29, 1.82) is 0 Å². The summed E-state index contributed by atoms with van der Waals surface area (Å²) in [6.45, 7) is 1.61. The lowest BCUT2D eigenvalue weighted by Gasteiger charge is -2.21. The van der Waals surface area contributed by atoms with Gasteiger partial charge in [0.25, 0.3) is 5.91 Å². The molecule has 5 nitrogen and oxygen atoms in total. The molecule has 1 aromatic rings. The smallest absolute Gasteiger partial charge is 0.325 e. The highest BCUT2D eigenvalue weighted by atomic mass is 19.1. The number of carbonyl (C=O) groups is 2. The Balaban J connectivity index is 1.90. The summed E-state index contributed by atoms with van der Waals surface area (Å²) >= 11 is 0. The fourth-order valence-corrected chi connectivity index (χ4v) is 1.94. The summed E-state index contributed by atoms with van der Waals surface area (Å²) < 4.78 is 23.4. The Kier molecular flexibility index (Phi) is 5.14. The molecule has 0 N–H and O–H groups in total. The van der Waals surface area contributed by atoms with E-state index in [1.165, 1.54) is 17.0 Å². The predicted octanol–water partition coefficient (Wildman–Crippen LogP) is 1.76. The number of amides is 1. The van der Waals surface area contributed by atoms with E-state index in [0.717, 1.165) is 12.8 Å². The number of esters is 1. The molecule has 114 valence electrons. The van der Waals surface area contributed by atoms with Crippen LogP contribution in [-0.4, -0.2) is 42.6 Å². The molecule has 1 aromatic carbocycles. The van der Waals surface area contributed by atoms with Crippen molar-refractivity contribution in [3.8, 4) is 5.75 Å². The molecule has 0 atom stereocenters. The molecular formula is C15H18FNO4. The van der Waals surface area contributed by atoms with Crippen LogP contribution in [-0.2, 0) is 14.3 Å². The minimum atomic E-state index is -0.520. The Hall–Kier alpha value is -2.11. The van der Waals surface area contributed by atoms with Crippen LogP contribution < -0.4 is 4.74 Å². The number of benzene rings is 1. The molecule has 21 heavy (non-hydrogen) atoms. The monoisotopic (exact) mass is 295 g/mol. The third-order valence-corrected chi connectivity index (χ3v) is 3.10. The van der Waals surface area contributed by atoms with Crippen molar-refractivity contribution < 1.29 is 23.5 Å². The summed E-state index contributed by atoms with van der Waals surface area (Å²) in [5.41, 5.74) is 0. The molecule has 6 heteroatoms. The maximum Gasteiger partial charge on any atom is 0.325 e. The highest BCUT2D eigenvalue weighted by Crippen LogP contribution is 2.27. The standard InChI is InChI=1S/C15H18FNO4/c1-2-20-15(19)9-17(11-7-8-11)14(18)10-21-13-6-4-3-5-12(13)16/h3-6,11H,2,7-10H2,1H3. The van der Waals surface area contributed by atoms with Crippen LogP contribution >= 0.6 is 0 Å². The van der Waals surface area contributed by atoms with Gasteiger partial charge in [-0.1, -0.05) is 12.1 Å². The summed E-state index contributed by atoms with van der Waals surface area (Å²) in [5.74, 6) is -1.27. The fourth-order valence-electron chi connectivity index (χ4n) is 1.94. The van der Waals surface area contributed by atoms with Crippen molar-refractivity contribution in [2.75, 3.05) is 19.8 Å². The van der Waals surface area contributed by atoms with Crippen molar-refractivity contribution in [3.63, 3.8) is 0 Å². The van der Waals surface area contributed by atoms with Gasteiger partial charge in [-0.25, -0.2) is 4.39 Å². The van der Waals surface area contributed by atoms with Gasteiger partial charge in [-0.15, -0.1) is 0 Å². The number of rotatable bonds is 7. The zero-order chi connectivity index (χ0) is 15.2. The van der Waals surface area contributed by atoms with E-state index in [-0.39, 0.29) is 37.5 Å². The molecule has 1 aliphatic carbocycles. The number of hydrogen-bond acceptors (Lipinski definition) is 4. The van der Waals surface area contributed by atoms with Crippen LogP contribution in [0, 0.1) is 5.82 Å². The molecular weight excluding hydrogens is 277 g/mol. The number of halogens is 1.